The monoisotopic (exact) mass is 263 g/mol. The molecule has 1 atom stereocenters. The zero-order valence-electron chi connectivity index (χ0n) is 11.7. The Morgan fingerprint density at radius 3 is 2.42 bits per heavy atom. The second kappa shape index (κ2) is 7.56. The van der Waals surface area contributed by atoms with E-state index in [0.717, 1.165) is 12.7 Å². The van der Waals surface area contributed by atoms with Gasteiger partial charge in [0, 0.05) is 12.1 Å². The Morgan fingerprint density at radius 1 is 1.26 bits per heavy atom. The van der Waals surface area contributed by atoms with Crippen LogP contribution < -0.4 is 10.1 Å². The number of carbonyl (C=O) groups is 2. The molecule has 0 saturated heterocycles. The SMILES string of the molecule is CC(C)CCNC(=O)C(C)Oc1ccc(C=O)cc1. The van der Waals surface area contributed by atoms with Crippen LogP contribution in [0.5, 0.6) is 5.75 Å². The average molecular weight is 263 g/mol. The van der Waals surface area contributed by atoms with Gasteiger partial charge in [-0.1, -0.05) is 13.8 Å². The first-order valence-corrected chi connectivity index (χ1v) is 6.52. The van der Waals surface area contributed by atoms with E-state index in [1.54, 1.807) is 31.2 Å². The van der Waals surface area contributed by atoms with Crippen LogP contribution in [0.2, 0.25) is 0 Å². The second-order valence-electron chi connectivity index (χ2n) is 4.92. The Hall–Kier alpha value is -1.84. The van der Waals surface area contributed by atoms with Crippen molar-refractivity contribution in [2.45, 2.75) is 33.3 Å². The first kappa shape index (κ1) is 15.2. The normalized spacial score (nSPS) is 12.0. The standard InChI is InChI=1S/C15H21NO3/c1-11(2)8-9-16-15(18)12(3)19-14-6-4-13(10-17)5-7-14/h4-7,10-12H,8-9H2,1-3H3,(H,16,18). The Labute approximate surface area is 114 Å². The fourth-order valence-corrected chi connectivity index (χ4v) is 1.51. The summed E-state index contributed by atoms with van der Waals surface area (Å²) in [5.74, 6) is 1.02. The summed E-state index contributed by atoms with van der Waals surface area (Å²) in [6.07, 6.45) is 1.17. The van der Waals surface area contributed by atoms with E-state index in [-0.39, 0.29) is 5.91 Å². The van der Waals surface area contributed by atoms with Crippen molar-refractivity contribution in [3.8, 4) is 5.75 Å². The molecule has 19 heavy (non-hydrogen) atoms. The molecule has 0 spiro atoms. The van der Waals surface area contributed by atoms with E-state index < -0.39 is 6.10 Å². The molecule has 0 aromatic heterocycles. The smallest absolute Gasteiger partial charge is 0.260 e. The summed E-state index contributed by atoms with van der Waals surface area (Å²) in [5.41, 5.74) is 0.585. The van der Waals surface area contributed by atoms with Gasteiger partial charge < -0.3 is 10.1 Å². The molecule has 0 aliphatic rings. The van der Waals surface area contributed by atoms with Crippen LogP contribution in [0.4, 0.5) is 0 Å². The van der Waals surface area contributed by atoms with Crippen LogP contribution >= 0.6 is 0 Å². The minimum Gasteiger partial charge on any atom is -0.481 e. The largest absolute Gasteiger partial charge is 0.481 e. The van der Waals surface area contributed by atoms with E-state index in [9.17, 15) is 9.59 Å². The number of ether oxygens (including phenoxy) is 1. The number of nitrogens with one attached hydrogen (secondary N) is 1. The summed E-state index contributed by atoms with van der Waals surface area (Å²) >= 11 is 0. The predicted octanol–water partition coefficient (Wildman–Crippen LogP) is 2.43. The van der Waals surface area contributed by atoms with Gasteiger partial charge in [0.15, 0.2) is 6.10 Å². The third kappa shape index (κ3) is 5.55. The van der Waals surface area contributed by atoms with Crippen molar-refractivity contribution in [2.75, 3.05) is 6.54 Å². The molecule has 0 fully saturated rings. The molecular formula is C15H21NO3. The number of rotatable bonds is 7. The highest BCUT2D eigenvalue weighted by Crippen LogP contribution is 2.13. The van der Waals surface area contributed by atoms with Crippen molar-refractivity contribution >= 4 is 12.2 Å². The molecule has 1 aromatic carbocycles. The Morgan fingerprint density at radius 2 is 1.89 bits per heavy atom. The van der Waals surface area contributed by atoms with Gasteiger partial charge in [0.2, 0.25) is 0 Å². The lowest BCUT2D eigenvalue weighted by atomic mass is 10.1. The first-order chi connectivity index (χ1) is 9.02. The van der Waals surface area contributed by atoms with Crippen molar-refractivity contribution in [1.29, 1.82) is 0 Å². The minimum absolute atomic E-state index is 0.125. The number of amides is 1. The van der Waals surface area contributed by atoms with Crippen molar-refractivity contribution in [2.24, 2.45) is 5.92 Å². The molecule has 1 rings (SSSR count). The molecule has 0 aliphatic carbocycles. The van der Waals surface area contributed by atoms with Gasteiger partial charge in [0.25, 0.3) is 5.91 Å². The fourth-order valence-electron chi connectivity index (χ4n) is 1.51. The highest BCUT2D eigenvalue weighted by molar-refractivity contribution is 5.80. The molecule has 0 saturated carbocycles. The average Bonchev–Trinajstić information content (AvgIpc) is 2.39. The van der Waals surface area contributed by atoms with Crippen molar-refractivity contribution in [3.63, 3.8) is 0 Å². The van der Waals surface area contributed by atoms with Gasteiger partial charge in [0.1, 0.15) is 12.0 Å². The van der Waals surface area contributed by atoms with E-state index in [0.29, 0.717) is 23.8 Å². The minimum atomic E-state index is -0.547. The third-order valence-corrected chi connectivity index (χ3v) is 2.72. The highest BCUT2D eigenvalue weighted by atomic mass is 16.5. The molecule has 0 aliphatic heterocycles. The van der Waals surface area contributed by atoms with Gasteiger partial charge in [-0.25, -0.2) is 0 Å². The van der Waals surface area contributed by atoms with Crippen molar-refractivity contribution in [1.82, 2.24) is 5.32 Å². The van der Waals surface area contributed by atoms with Crippen molar-refractivity contribution in [3.05, 3.63) is 29.8 Å². The van der Waals surface area contributed by atoms with Crippen LogP contribution in [-0.4, -0.2) is 24.8 Å². The molecular weight excluding hydrogens is 242 g/mol. The van der Waals surface area contributed by atoms with Crippen LogP contribution in [0.15, 0.2) is 24.3 Å². The maximum absolute atomic E-state index is 11.8. The molecule has 1 unspecified atom stereocenters. The Kier molecular flexibility index (Phi) is 6.06. The molecule has 0 bridgehead atoms. The Balaban J connectivity index is 2.42. The van der Waals surface area contributed by atoms with Crippen LogP contribution in [0.25, 0.3) is 0 Å². The van der Waals surface area contributed by atoms with Gasteiger partial charge in [-0.15, -0.1) is 0 Å². The first-order valence-electron chi connectivity index (χ1n) is 6.52. The van der Waals surface area contributed by atoms with E-state index in [4.69, 9.17) is 4.74 Å². The lowest BCUT2D eigenvalue weighted by Crippen LogP contribution is -2.37. The summed E-state index contributed by atoms with van der Waals surface area (Å²) in [5, 5.41) is 2.84. The maximum atomic E-state index is 11.8. The lowest BCUT2D eigenvalue weighted by Gasteiger charge is -2.15. The van der Waals surface area contributed by atoms with E-state index in [2.05, 4.69) is 19.2 Å². The van der Waals surface area contributed by atoms with Gasteiger partial charge >= 0.3 is 0 Å². The summed E-state index contributed by atoms with van der Waals surface area (Å²) in [4.78, 5) is 22.3. The summed E-state index contributed by atoms with van der Waals surface area (Å²) < 4.78 is 5.51. The molecule has 104 valence electrons. The highest BCUT2D eigenvalue weighted by Gasteiger charge is 2.13. The van der Waals surface area contributed by atoms with E-state index in [1.165, 1.54) is 0 Å². The topological polar surface area (TPSA) is 55.4 Å². The zero-order valence-corrected chi connectivity index (χ0v) is 11.7. The fraction of sp³-hybridized carbons (Fsp3) is 0.467. The van der Waals surface area contributed by atoms with Crippen LogP contribution in [0.1, 0.15) is 37.6 Å². The van der Waals surface area contributed by atoms with E-state index >= 15 is 0 Å². The third-order valence-electron chi connectivity index (χ3n) is 2.72. The molecule has 1 N–H and O–H groups in total. The number of hydrogen-bond acceptors (Lipinski definition) is 3. The van der Waals surface area contributed by atoms with Gasteiger partial charge in [-0.3, -0.25) is 9.59 Å². The molecule has 4 heteroatoms. The van der Waals surface area contributed by atoms with Crippen molar-refractivity contribution < 1.29 is 14.3 Å². The van der Waals surface area contributed by atoms with Gasteiger partial charge in [0.05, 0.1) is 0 Å². The maximum Gasteiger partial charge on any atom is 0.260 e. The summed E-state index contributed by atoms with van der Waals surface area (Å²) in [6.45, 7) is 6.59. The number of aldehydes is 1. The number of benzene rings is 1. The predicted molar refractivity (Wildman–Crippen MR) is 74.4 cm³/mol. The number of hydrogen-bond donors (Lipinski definition) is 1. The summed E-state index contributed by atoms with van der Waals surface area (Å²) in [7, 11) is 0. The Bertz CT molecular complexity index is 412. The molecule has 1 aromatic rings. The lowest BCUT2D eigenvalue weighted by molar-refractivity contribution is -0.127. The summed E-state index contributed by atoms with van der Waals surface area (Å²) in [6, 6.07) is 6.68. The second-order valence-corrected chi connectivity index (χ2v) is 4.92. The van der Waals surface area contributed by atoms with Crippen LogP contribution in [0, 0.1) is 5.92 Å². The van der Waals surface area contributed by atoms with Crippen LogP contribution in [0.3, 0.4) is 0 Å². The van der Waals surface area contributed by atoms with Gasteiger partial charge in [-0.2, -0.15) is 0 Å². The van der Waals surface area contributed by atoms with Crippen LogP contribution in [-0.2, 0) is 4.79 Å². The van der Waals surface area contributed by atoms with Gasteiger partial charge in [-0.05, 0) is 43.5 Å². The molecule has 1 amide bonds. The zero-order chi connectivity index (χ0) is 14.3. The molecule has 0 radical (unpaired) electrons. The quantitative estimate of drug-likeness (QED) is 0.769. The molecule has 4 nitrogen and oxygen atoms in total. The van der Waals surface area contributed by atoms with E-state index in [1.807, 2.05) is 0 Å². The molecule has 0 heterocycles. The number of carbonyl (C=O) groups excluding carboxylic acids is 2.